The molecule has 0 aromatic heterocycles. The van der Waals surface area contributed by atoms with Crippen LogP contribution in [0.2, 0.25) is 0 Å². The summed E-state index contributed by atoms with van der Waals surface area (Å²) in [4.78, 5) is 0.107. The van der Waals surface area contributed by atoms with Crippen molar-refractivity contribution < 1.29 is 26.7 Å². The molecule has 3 atom stereocenters. The summed E-state index contributed by atoms with van der Waals surface area (Å²) in [6.45, 7) is 4.99. The van der Waals surface area contributed by atoms with E-state index in [9.17, 15) is 21.9 Å². The fourth-order valence-electron chi connectivity index (χ4n) is 4.43. The maximum Gasteiger partial charge on any atom is 0.247 e. The quantitative estimate of drug-likeness (QED) is 0.447. The van der Waals surface area contributed by atoms with Crippen molar-refractivity contribution in [3.05, 3.63) is 89.5 Å². The number of rotatable bonds is 6. The molecule has 212 valence electrons. The Balaban J connectivity index is 1.74. The number of aryl methyl sites for hydroxylation is 1. The summed E-state index contributed by atoms with van der Waals surface area (Å²) < 4.78 is 62.9. The van der Waals surface area contributed by atoms with Gasteiger partial charge in [-0.05, 0) is 56.3 Å². The zero-order chi connectivity index (χ0) is 29.1. The van der Waals surface area contributed by atoms with E-state index in [1.165, 1.54) is 21.7 Å². The second-order valence-electron chi connectivity index (χ2n) is 10.1. The molecule has 0 radical (unpaired) electrons. The summed E-state index contributed by atoms with van der Waals surface area (Å²) in [5, 5.41) is 9.86. The molecule has 0 fully saturated rings. The molecule has 0 unspecified atom stereocenters. The van der Waals surface area contributed by atoms with Crippen molar-refractivity contribution in [2.24, 2.45) is 5.92 Å². The Morgan fingerprint density at radius 3 is 2.35 bits per heavy atom. The third-order valence-corrected chi connectivity index (χ3v) is 10.8. The van der Waals surface area contributed by atoms with Gasteiger partial charge in [-0.25, -0.2) is 16.8 Å². The van der Waals surface area contributed by atoms with Crippen LogP contribution in [0.4, 0.5) is 0 Å². The SMILES string of the molecule is Cc1ccc(S(=O)(=O)N(C)C[C@@H]2Oc3cc(C#Cc4ccccc4)ccc3S(=O)(=O)N([C@H](C)CO)C[C@@H]2C)cc1. The third kappa shape index (κ3) is 6.40. The Morgan fingerprint density at radius 1 is 1.05 bits per heavy atom. The van der Waals surface area contributed by atoms with Crippen LogP contribution in [0.1, 0.15) is 30.5 Å². The summed E-state index contributed by atoms with van der Waals surface area (Å²) in [6, 6.07) is 20.0. The highest BCUT2D eigenvalue weighted by atomic mass is 32.2. The van der Waals surface area contributed by atoms with Crippen LogP contribution in [-0.4, -0.2) is 69.4 Å². The molecule has 0 aliphatic carbocycles. The molecular formula is C30H34N2O6S2. The fourth-order valence-corrected chi connectivity index (χ4v) is 7.44. The van der Waals surface area contributed by atoms with Gasteiger partial charge in [-0.2, -0.15) is 8.61 Å². The first kappa shape index (κ1) is 29.8. The second-order valence-corrected chi connectivity index (χ2v) is 14.0. The third-order valence-electron chi connectivity index (χ3n) is 6.96. The topological polar surface area (TPSA) is 104 Å². The number of fused-ring (bicyclic) bond motifs is 1. The number of nitrogens with zero attached hydrogens (tertiary/aromatic N) is 2. The number of aliphatic hydroxyl groups excluding tert-OH is 1. The number of hydrogen-bond donors (Lipinski definition) is 1. The average Bonchev–Trinajstić information content (AvgIpc) is 2.94. The lowest BCUT2D eigenvalue weighted by Gasteiger charge is -2.37. The standard InChI is InChI=1S/C30H34N2O6S2/c1-22-10-15-27(16-11-22)39(34,35)31(4)20-29-23(2)19-32(24(3)21-33)40(36,37)30-17-14-26(18-28(30)38-29)13-12-25-8-6-5-7-9-25/h5-11,14-18,23-24,29,33H,19-21H2,1-4H3/t23-,24+,29-/m0/s1. The predicted octanol–water partition coefficient (Wildman–Crippen LogP) is 3.48. The summed E-state index contributed by atoms with van der Waals surface area (Å²) in [7, 11) is -6.37. The van der Waals surface area contributed by atoms with Crippen molar-refractivity contribution in [2.75, 3.05) is 26.7 Å². The van der Waals surface area contributed by atoms with E-state index in [4.69, 9.17) is 4.74 Å². The number of ether oxygens (including phenoxy) is 1. The van der Waals surface area contributed by atoms with Crippen molar-refractivity contribution in [1.82, 2.24) is 8.61 Å². The van der Waals surface area contributed by atoms with Crippen LogP contribution in [0.25, 0.3) is 0 Å². The molecule has 0 amide bonds. The first-order valence-electron chi connectivity index (χ1n) is 13.0. The Labute approximate surface area is 237 Å². The minimum Gasteiger partial charge on any atom is -0.487 e. The highest BCUT2D eigenvalue weighted by Gasteiger charge is 2.39. The van der Waals surface area contributed by atoms with Gasteiger partial charge in [-0.15, -0.1) is 0 Å². The van der Waals surface area contributed by atoms with Crippen molar-refractivity contribution in [3.8, 4) is 17.6 Å². The molecular weight excluding hydrogens is 548 g/mol. The summed E-state index contributed by atoms with van der Waals surface area (Å²) in [5.41, 5.74) is 2.30. The van der Waals surface area contributed by atoms with Crippen LogP contribution in [0.15, 0.2) is 82.6 Å². The molecule has 1 heterocycles. The normalized spacial score (nSPS) is 19.9. The van der Waals surface area contributed by atoms with Gasteiger partial charge in [0.15, 0.2) is 0 Å². The van der Waals surface area contributed by atoms with E-state index in [1.54, 1.807) is 43.3 Å². The van der Waals surface area contributed by atoms with Gasteiger partial charge in [0, 0.05) is 36.7 Å². The minimum absolute atomic E-state index is 0.0157. The van der Waals surface area contributed by atoms with Crippen LogP contribution in [-0.2, 0) is 20.0 Å². The molecule has 0 bridgehead atoms. The molecule has 4 rings (SSSR count). The van der Waals surface area contributed by atoms with Gasteiger partial charge >= 0.3 is 0 Å². The first-order chi connectivity index (χ1) is 18.9. The largest absolute Gasteiger partial charge is 0.487 e. The van der Waals surface area contributed by atoms with E-state index < -0.39 is 38.1 Å². The molecule has 3 aromatic rings. The molecule has 0 saturated heterocycles. The summed E-state index contributed by atoms with van der Waals surface area (Å²) in [5.74, 6) is 5.79. The van der Waals surface area contributed by atoms with Gasteiger partial charge < -0.3 is 9.84 Å². The Kier molecular flexibility index (Phi) is 9.02. The molecule has 1 aliphatic rings. The summed E-state index contributed by atoms with van der Waals surface area (Å²) >= 11 is 0. The Morgan fingerprint density at radius 2 is 1.70 bits per heavy atom. The average molecular weight is 583 g/mol. The molecule has 40 heavy (non-hydrogen) atoms. The maximum atomic E-state index is 13.7. The lowest BCUT2D eigenvalue weighted by molar-refractivity contribution is 0.0904. The molecule has 0 saturated carbocycles. The van der Waals surface area contributed by atoms with Gasteiger partial charge in [0.25, 0.3) is 0 Å². The second kappa shape index (κ2) is 12.1. The molecule has 8 nitrogen and oxygen atoms in total. The van der Waals surface area contributed by atoms with E-state index >= 15 is 0 Å². The number of likely N-dealkylation sites (N-methyl/N-ethyl adjacent to an activating group) is 1. The van der Waals surface area contributed by atoms with E-state index in [1.807, 2.05) is 44.2 Å². The highest BCUT2D eigenvalue weighted by Crippen LogP contribution is 2.34. The lowest BCUT2D eigenvalue weighted by Crippen LogP contribution is -2.50. The van der Waals surface area contributed by atoms with E-state index in [2.05, 4.69) is 11.8 Å². The van der Waals surface area contributed by atoms with Gasteiger partial charge in [-0.1, -0.05) is 54.7 Å². The van der Waals surface area contributed by atoms with Crippen LogP contribution in [0.5, 0.6) is 5.75 Å². The van der Waals surface area contributed by atoms with Crippen LogP contribution < -0.4 is 4.74 Å². The van der Waals surface area contributed by atoms with Gasteiger partial charge in [0.2, 0.25) is 20.0 Å². The fraction of sp³-hybridized carbons (Fsp3) is 0.333. The number of benzene rings is 3. The number of aliphatic hydroxyl groups is 1. The Bertz CT molecular complexity index is 1610. The minimum atomic E-state index is -4.03. The smallest absolute Gasteiger partial charge is 0.247 e. The summed E-state index contributed by atoms with van der Waals surface area (Å²) in [6.07, 6.45) is -0.690. The van der Waals surface area contributed by atoms with Gasteiger partial charge in [0.05, 0.1) is 18.0 Å². The number of sulfonamides is 2. The van der Waals surface area contributed by atoms with Crippen LogP contribution in [0.3, 0.4) is 0 Å². The van der Waals surface area contributed by atoms with Crippen molar-refractivity contribution >= 4 is 20.0 Å². The van der Waals surface area contributed by atoms with Crippen molar-refractivity contribution in [3.63, 3.8) is 0 Å². The molecule has 0 spiro atoms. The molecule has 3 aromatic carbocycles. The lowest BCUT2D eigenvalue weighted by atomic mass is 10.0. The highest BCUT2D eigenvalue weighted by molar-refractivity contribution is 7.89. The first-order valence-corrected chi connectivity index (χ1v) is 15.8. The monoisotopic (exact) mass is 582 g/mol. The van der Waals surface area contributed by atoms with Crippen molar-refractivity contribution in [2.45, 2.75) is 42.7 Å². The van der Waals surface area contributed by atoms with Crippen LogP contribution in [0, 0.1) is 24.7 Å². The van der Waals surface area contributed by atoms with Crippen molar-refractivity contribution in [1.29, 1.82) is 0 Å². The zero-order valence-corrected chi connectivity index (χ0v) is 24.6. The van der Waals surface area contributed by atoms with Gasteiger partial charge in [-0.3, -0.25) is 0 Å². The zero-order valence-electron chi connectivity index (χ0n) is 23.0. The van der Waals surface area contributed by atoms with E-state index in [-0.39, 0.29) is 35.2 Å². The van der Waals surface area contributed by atoms with E-state index in [0.717, 1.165) is 11.1 Å². The molecule has 1 N–H and O–H groups in total. The number of hydrogen-bond acceptors (Lipinski definition) is 6. The van der Waals surface area contributed by atoms with Crippen LogP contribution >= 0.6 is 0 Å². The van der Waals surface area contributed by atoms with E-state index in [0.29, 0.717) is 5.56 Å². The molecule has 10 heteroatoms. The maximum absolute atomic E-state index is 13.7. The van der Waals surface area contributed by atoms with Gasteiger partial charge in [0.1, 0.15) is 16.7 Å². The molecule has 1 aliphatic heterocycles. The Hall–Kier alpha value is -3.20. The predicted molar refractivity (Wildman–Crippen MR) is 154 cm³/mol.